The molecule has 0 aliphatic heterocycles. The first-order valence-corrected chi connectivity index (χ1v) is 6.77. The monoisotopic (exact) mass is 302 g/mol. The van der Waals surface area contributed by atoms with Crippen LogP contribution in [0.3, 0.4) is 0 Å². The first-order valence-electron chi connectivity index (χ1n) is 6.77. The fourth-order valence-corrected chi connectivity index (χ4v) is 2.56. The van der Waals surface area contributed by atoms with E-state index in [1.54, 1.807) is 0 Å². The standard InChI is InChI=1S/C15H18N4O3/c1-7-5-8(2)12(9(3)11(7)6-22-10(4)20)13-14(15(16)21)18-19-17-13/h5H,6H2,1-4H3,(H2,16,21)(H,17,18,19). The zero-order valence-corrected chi connectivity index (χ0v) is 13.0. The number of primary amides is 1. The van der Waals surface area contributed by atoms with Crippen LogP contribution >= 0.6 is 0 Å². The van der Waals surface area contributed by atoms with Gasteiger partial charge in [0, 0.05) is 12.5 Å². The van der Waals surface area contributed by atoms with Gasteiger partial charge in [-0.3, -0.25) is 9.59 Å². The average Bonchev–Trinajstić information content (AvgIpc) is 2.86. The number of amides is 1. The predicted octanol–water partition coefficient (Wildman–Crippen LogP) is 1.56. The molecule has 0 atom stereocenters. The van der Waals surface area contributed by atoms with Gasteiger partial charge in [0.05, 0.1) is 0 Å². The zero-order chi connectivity index (χ0) is 16.4. The van der Waals surface area contributed by atoms with E-state index in [2.05, 4.69) is 15.4 Å². The molecule has 7 nitrogen and oxygen atoms in total. The zero-order valence-electron chi connectivity index (χ0n) is 13.0. The molecule has 0 saturated heterocycles. The summed E-state index contributed by atoms with van der Waals surface area (Å²) >= 11 is 0. The molecule has 2 rings (SSSR count). The maximum atomic E-state index is 11.5. The number of carbonyl (C=O) groups is 2. The number of aromatic amines is 1. The van der Waals surface area contributed by atoms with Gasteiger partial charge in [0.15, 0.2) is 5.69 Å². The fourth-order valence-electron chi connectivity index (χ4n) is 2.56. The minimum Gasteiger partial charge on any atom is -0.461 e. The molecule has 0 unspecified atom stereocenters. The van der Waals surface area contributed by atoms with Crippen LogP contribution in [0.1, 0.15) is 39.7 Å². The molecule has 0 radical (unpaired) electrons. The van der Waals surface area contributed by atoms with Crippen LogP contribution in [0.25, 0.3) is 11.3 Å². The molecule has 1 amide bonds. The van der Waals surface area contributed by atoms with E-state index in [0.29, 0.717) is 5.69 Å². The molecule has 0 aliphatic carbocycles. The summed E-state index contributed by atoms with van der Waals surface area (Å²) in [5, 5.41) is 10.3. The highest BCUT2D eigenvalue weighted by atomic mass is 16.5. The number of aromatic nitrogens is 3. The largest absolute Gasteiger partial charge is 0.461 e. The molecule has 0 bridgehead atoms. The molecular formula is C15H18N4O3. The molecule has 2 aromatic rings. The van der Waals surface area contributed by atoms with E-state index in [9.17, 15) is 9.59 Å². The van der Waals surface area contributed by atoms with Crippen molar-refractivity contribution >= 4 is 11.9 Å². The molecule has 1 heterocycles. The Balaban J connectivity index is 2.61. The second-order valence-corrected chi connectivity index (χ2v) is 5.15. The lowest BCUT2D eigenvalue weighted by Gasteiger charge is -2.16. The lowest BCUT2D eigenvalue weighted by molar-refractivity contribution is -0.142. The first-order chi connectivity index (χ1) is 10.3. The van der Waals surface area contributed by atoms with Gasteiger partial charge in [-0.1, -0.05) is 6.07 Å². The van der Waals surface area contributed by atoms with E-state index in [4.69, 9.17) is 10.5 Å². The molecule has 3 N–H and O–H groups in total. The molecule has 22 heavy (non-hydrogen) atoms. The Bertz CT molecular complexity index is 749. The van der Waals surface area contributed by atoms with Crippen LogP contribution in [-0.2, 0) is 16.1 Å². The van der Waals surface area contributed by atoms with Crippen LogP contribution < -0.4 is 5.73 Å². The third-order valence-electron chi connectivity index (χ3n) is 3.57. The number of rotatable bonds is 4. The topological polar surface area (TPSA) is 111 Å². The molecule has 1 aromatic carbocycles. The number of hydrogen-bond acceptors (Lipinski definition) is 5. The van der Waals surface area contributed by atoms with Crippen LogP contribution in [0.4, 0.5) is 0 Å². The molecule has 7 heteroatoms. The number of benzene rings is 1. The van der Waals surface area contributed by atoms with E-state index < -0.39 is 5.91 Å². The van der Waals surface area contributed by atoms with Gasteiger partial charge in [-0.15, -0.1) is 0 Å². The summed E-state index contributed by atoms with van der Waals surface area (Å²) in [5.41, 5.74) is 10.3. The van der Waals surface area contributed by atoms with Gasteiger partial charge in [0.2, 0.25) is 0 Å². The summed E-state index contributed by atoms with van der Waals surface area (Å²) in [5.74, 6) is -0.996. The molecule has 116 valence electrons. The van der Waals surface area contributed by atoms with Crippen LogP contribution in [0.5, 0.6) is 0 Å². The van der Waals surface area contributed by atoms with E-state index in [1.807, 2.05) is 26.8 Å². The van der Waals surface area contributed by atoms with Crippen LogP contribution in [0.2, 0.25) is 0 Å². The van der Waals surface area contributed by atoms with Crippen molar-refractivity contribution in [2.45, 2.75) is 34.3 Å². The number of aryl methyl sites for hydroxylation is 2. The normalized spacial score (nSPS) is 10.5. The van der Waals surface area contributed by atoms with Crippen molar-refractivity contribution in [2.24, 2.45) is 5.73 Å². The number of nitrogens with one attached hydrogen (secondary N) is 1. The van der Waals surface area contributed by atoms with Crippen molar-refractivity contribution in [3.8, 4) is 11.3 Å². The van der Waals surface area contributed by atoms with Crippen molar-refractivity contribution in [1.29, 1.82) is 0 Å². The van der Waals surface area contributed by atoms with E-state index in [1.165, 1.54) is 6.92 Å². The summed E-state index contributed by atoms with van der Waals surface area (Å²) in [6.45, 7) is 7.30. The molecule has 0 fully saturated rings. The van der Waals surface area contributed by atoms with Crippen LogP contribution in [0.15, 0.2) is 6.07 Å². The molecular weight excluding hydrogens is 284 g/mol. The lowest BCUT2D eigenvalue weighted by atomic mass is 9.91. The van der Waals surface area contributed by atoms with Crippen LogP contribution in [0, 0.1) is 20.8 Å². The number of hydrogen-bond donors (Lipinski definition) is 2. The third kappa shape index (κ3) is 2.83. The van der Waals surface area contributed by atoms with Gasteiger partial charge in [-0.05, 0) is 43.0 Å². The minimum atomic E-state index is -0.648. The number of ether oxygens (including phenoxy) is 1. The number of esters is 1. The number of nitrogens with two attached hydrogens (primary N) is 1. The SMILES string of the molecule is CC(=O)OCc1c(C)cc(C)c(-c2n[nH]nc2C(N)=O)c1C. The van der Waals surface area contributed by atoms with E-state index in [0.717, 1.165) is 27.8 Å². The van der Waals surface area contributed by atoms with Gasteiger partial charge in [0.1, 0.15) is 12.3 Å². The van der Waals surface area contributed by atoms with Crippen molar-refractivity contribution in [2.75, 3.05) is 0 Å². The summed E-state index contributed by atoms with van der Waals surface area (Å²) < 4.78 is 5.11. The summed E-state index contributed by atoms with van der Waals surface area (Å²) in [6, 6.07) is 1.96. The van der Waals surface area contributed by atoms with Crippen molar-refractivity contribution in [1.82, 2.24) is 15.4 Å². The second-order valence-electron chi connectivity index (χ2n) is 5.15. The maximum Gasteiger partial charge on any atom is 0.302 e. The third-order valence-corrected chi connectivity index (χ3v) is 3.57. The average molecular weight is 302 g/mol. The predicted molar refractivity (Wildman–Crippen MR) is 80.0 cm³/mol. The first kappa shape index (κ1) is 15.7. The molecule has 0 spiro atoms. The van der Waals surface area contributed by atoms with Crippen molar-refractivity contribution in [3.63, 3.8) is 0 Å². The summed E-state index contributed by atoms with van der Waals surface area (Å²) in [6.07, 6.45) is 0. The Morgan fingerprint density at radius 3 is 2.50 bits per heavy atom. The fraction of sp³-hybridized carbons (Fsp3) is 0.333. The Labute approximate surface area is 127 Å². The second kappa shape index (κ2) is 5.97. The van der Waals surface area contributed by atoms with E-state index >= 15 is 0 Å². The highest BCUT2D eigenvalue weighted by Gasteiger charge is 2.21. The Morgan fingerprint density at radius 1 is 1.23 bits per heavy atom. The lowest BCUT2D eigenvalue weighted by Crippen LogP contribution is -2.13. The number of carbonyl (C=O) groups excluding carboxylic acids is 2. The summed E-state index contributed by atoms with van der Waals surface area (Å²) in [4.78, 5) is 22.5. The number of nitrogens with zero attached hydrogens (tertiary/aromatic N) is 2. The van der Waals surface area contributed by atoms with Gasteiger partial charge in [-0.2, -0.15) is 15.4 Å². The highest BCUT2D eigenvalue weighted by molar-refractivity contribution is 5.97. The maximum absolute atomic E-state index is 11.5. The quantitative estimate of drug-likeness (QED) is 0.832. The van der Waals surface area contributed by atoms with Crippen molar-refractivity contribution < 1.29 is 14.3 Å². The molecule has 0 aliphatic rings. The Hall–Kier alpha value is -2.70. The van der Waals surface area contributed by atoms with Gasteiger partial charge in [-0.25, -0.2) is 0 Å². The Kier molecular flexibility index (Phi) is 4.25. The molecule has 1 aromatic heterocycles. The van der Waals surface area contributed by atoms with Crippen molar-refractivity contribution in [3.05, 3.63) is 34.0 Å². The molecule has 0 saturated carbocycles. The highest BCUT2D eigenvalue weighted by Crippen LogP contribution is 2.32. The minimum absolute atomic E-state index is 0.0912. The van der Waals surface area contributed by atoms with E-state index in [-0.39, 0.29) is 18.3 Å². The van der Waals surface area contributed by atoms with Gasteiger partial charge in [0.25, 0.3) is 5.91 Å². The Morgan fingerprint density at radius 2 is 1.91 bits per heavy atom. The van der Waals surface area contributed by atoms with Crippen LogP contribution in [-0.4, -0.2) is 27.3 Å². The van der Waals surface area contributed by atoms with Gasteiger partial charge < -0.3 is 10.5 Å². The number of H-pyrrole nitrogens is 1. The summed E-state index contributed by atoms with van der Waals surface area (Å²) in [7, 11) is 0. The smallest absolute Gasteiger partial charge is 0.302 e. The van der Waals surface area contributed by atoms with Gasteiger partial charge >= 0.3 is 5.97 Å².